The molecule has 1 amide bonds. The van der Waals surface area contributed by atoms with Crippen LogP contribution in [0.4, 0.5) is 0 Å². The Hall–Kier alpha value is -2.32. The zero-order chi connectivity index (χ0) is 21.6. The first-order chi connectivity index (χ1) is 12.9. The first-order valence-corrected chi connectivity index (χ1v) is 8.11. The van der Waals surface area contributed by atoms with Gasteiger partial charge in [0.2, 0.25) is 5.91 Å². The van der Waals surface area contributed by atoms with E-state index in [0.717, 1.165) is 13.8 Å². The summed E-state index contributed by atoms with van der Waals surface area (Å²) in [5.41, 5.74) is 0. The van der Waals surface area contributed by atoms with E-state index in [1.807, 2.05) is 0 Å². The molecule has 0 aliphatic carbocycles. The molecule has 0 radical (unpaired) electrons. The number of hydrogen-bond donors (Lipinski definition) is 6. The number of esters is 2. The quantitative estimate of drug-likeness (QED) is 0.214. The van der Waals surface area contributed by atoms with Gasteiger partial charge < -0.3 is 45.1 Å². The fourth-order valence-electron chi connectivity index (χ4n) is 2.63. The molecule has 1 heterocycles. The molecule has 160 valence electrons. The van der Waals surface area contributed by atoms with E-state index in [2.05, 4.69) is 10.1 Å². The van der Waals surface area contributed by atoms with E-state index in [1.165, 1.54) is 0 Å². The SMILES string of the molecule is CC(=O)OCC(O)C(O)[C@@H]1OC(O)(C(=O)O)C[C@H](OC(C)=O)[C@H]1NC(=O)CO. The Morgan fingerprint density at radius 1 is 1.21 bits per heavy atom. The number of carboxylic acid groups (broad SMARTS) is 1. The molecule has 3 unspecified atom stereocenters. The lowest BCUT2D eigenvalue weighted by Crippen LogP contribution is -2.68. The number of aliphatic hydroxyl groups is 4. The van der Waals surface area contributed by atoms with Crippen LogP contribution in [-0.2, 0) is 33.4 Å². The largest absolute Gasteiger partial charge is 0.477 e. The number of aliphatic hydroxyl groups excluding tert-OH is 3. The van der Waals surface area contributed by atoms with Gasteiger partial charge in [-0.15, -0.1) is 0 Å². The van der Waals surface area contributed by atoms with Crippen molar-refractivity contribution in [3.05, 3.63) is 0 Å². The average molecular weight is 409 g/mol. The summed E-state index contributed by atoms with van der Waals surface area (Å²) in [6.45, 7) is 0.327. The minimum absolute atomic E-state index is 0.708. The first-order valence-electron chi connectivity index (χ1n) is 8.11. The van der Waals surface area contributed by atoms with Crippen molar-refractivity contribution >= 4 is 23.8 Å². The van der Waals surface area contributed by atoms with Crippen LogP contribution in [0.2, 0.25) is 0 Å². The van der Waals surface area contributed by atoms with E-state index >= 15 is 0 Å². The van der Waals surface area contributed by atoms with Gasteiger partial charge >= 0.3 is 17.9 Å². The van der Waals surface area contributed by atoms with Gasteiger partial charge in [-0.25, -0.2) is 4.79 Å². The lowest BCUT2D eigenvalue weighted by molar-refractivity contribution is -0.296. The van der Waals surface area contributed by atoms with E-state index in [0.29, 0.717) is 0 Å². The number of aliphatic carboxylic acids is 1. The molecule has 6 atom stereocenters. The maximum atomic E-state index is 11.6. The highest BCUT2D eigenvalue weighted by molar-refractivity contribution is 5.78. The third-order valence-corrected chi connectivity index (χ3v) is 3.87. The van der Waals surface area contributed by atoms with Crippen LogP contribution >= 0.6 is 0 Å². The highest BCUT2D eigenvalue weighted by Crippen LogP contribution is 2.32. The molecule has 0 spiro atoms. The molecular weight excluding hydrogens is 386 g/mol. The highest BCUT2D eigenvalue weighted by Gasteiger charge is 2.55. The first kappa shape index (κ1) is 23.7. The third-order valence-electron chi connectivity index (χ3n) is 3.87. The van der Waals surface area contributed by atoms with Gasteiger partial charge in [-0.2, -0.15) is 0 Å². The molecule has 13 heteroatoms. The van der Waals surface area contributed by atoms with Gasteiger partial charge in [0.15, 0.2) is 0 Å². The van der Waals surface area contributed by atoms with Crippen molar-refractivity contribution in [3.63, 3.8) is 0 Å². The minimum Gasteiger partial charge on any atom is -0.477 e. The molecular formula is C15H23NO12. The van der Waals surface area contributed by atoms with Crippen LogP contribution in [0, 0.1) is 0 Å². The van der Waals surface area contributed by atoms with Crippen molar-refractivity contribution in [2.75, 3.05) is 13.2 Å². The van der Waals surface area contributed by atoms with E-state index < -0.39 is 79.7 Å². The number of hydrogen-bond acceptors (Lipinski definition) is 11. The molecule has 0 aromatic carbocycles. The van der Waals surface area contributed by atoms with Crippen LogP contribution in [0.1, 0.15) is 20.3 Å². The van der Waals surface area contributed by atoms with Crippen LogP contribution in [0.25, 0.3) is 0 Å². The van der Waals surface area contributed by atoms with Crippen LogP contribution < -0.4 is 5.32 Å². The molecule has 1 rings (SSSR count). The predicted molar refractivity (Wildman–Crippen MR) is 85.3 cm³/mol. The van der Waals surface area contributed by atoms with Crippen molar-refractivity contribution in [2.45, 2.75) is 56.5 Å². The van der Waals surface area contributed by atoms with Gasteiger partial charge in [0.1, 0.15) is 37.6 Å². The van der Waals surface area contributed by atoms with E-state index in [1.54, 1.807) is 0 Å². The maximum absolute atomic E-state index is 11.6. The van der Waals surface area contributed by atoms with Gasteiger partial charge in [0.25, 0.3) is 5.79 Å². The van der Waals surface area contributed by atoms with Crippen LogP contribution in [-0.4, -0.2) is 98.8 Å². The predicted octanol–water partition coefficient (Wildman–Crippen LogP) is -3.76. The zero-order valence-corrected chi connectivity index (χ0v) is 15.1. The lowest BCUT2D eigenvalue weighted by Gasteiger charge is -2.45. The summed E-state index contributed by atoms with van der Waals surface area (Å²) in [4.78, 5) is 45.2. The summed E-state index contributed by atoms with van der Waals surface area (Å²) < 4.78 is 14.5. The number of rotatable bonds is 8. The monoisotopic (exact) mass is 409 g/mol. The second-order valence-corrected chi connectivity index (χ2v) is 6.14. The van der Waals surface area contributed by atoms with Crippen molar-refractivity contribution in [2.24, 2.45) is 0 Å². The molecule has 1 aliphatic rings. The van der Waals surface area contributed by atoms with Crippen LogP contribution in [0.15, 0.2) is 0 Å². The number of carboxylic acids is 1. The Bertz CT molecular complexity index is 610. The van der Waals surface area contributed by atoms with Gasteiger partial charge in [0, 0.05) is 13.8 Å². The smallest absolute Gasteiger partial charge is 0.364 e. The summed E-state index contributed by atoms with van der Waals surface area (Å²) in [6.07, 6.45) is -7.94. The Morgan fingerprint density at radius 2 is 1.82 bits per heavy atom. The van der Waals surface area contributed by atoms with Gasteiger partial charge in [-0.05, 0) is 0 Å². The van der Waals surface area contributed by atoms with Crippen molar-refractivity contribution < 1.29 is 58.9 Å². The van der Waals surface area contributed by atoms with Crippen LogP contribution in [0.3, 0.4) is 0 Å². The van der Waals surface area contributed by atoms with Crippen LogP contribution in [0.5, 0.6) is 0 Å². The Labute approximate surface area is 158 Å². The standard InChI is InChI=1S/C15H23NO12/c1-6(18)26-5-8(20)12(22)13-11(16-10(21)4-17)9(27-7(2)19)3-15(25,28-13)14(23)24/h8-9,11-13,17,20,22,25H,3-5H2,1-2H3,(H,16,21)(H,23,24)/t8?,9-,11+,12?,13+,15?/m0/s1. The molecule has 1 aliphatic heterocycles. The summed E-state index contributed by atoms with van der Waals surface area (Å²) in [5, 5.41) is 50.9. The van der Waals surface area contributed by atoms with E-state index in [-0.39, 0.29) is 0 Å². The molecule has 0 aromatic rings. The number of ether oxygens (including phenoxy) is 3. The molecule has 1 fully saturated rings. The summed E-state index contributed by atoms with van der Waals surface area (Å²) in [6, 6.07) is -1.45. The van der Waals surface area contributed by atoms with Gasteiger partial charge in [-0.1, -0.05) is 0 Å². The van der Waals surface area contributed by atoms with Gasteiger partial charge in [-0.3, -0.25) is 14.4 Å². The van der Waals surface area contributed by atoms with E-state index in [9.17, 15) is 39.6 Å². The third kappa shape index (κ3) is 6.10. The zero-order valence-electron chi connectivity index (χ0n) is 15.1. The second kappa shape index (κ2) is 9.75. The molecule has 6 N–H and O–H groups in total. The summed E-state index contributed by atoms with van der Waals surface area (Å²) in [5.74, 6) is -7.45. The van der Waals surface area contributed by atoms with Crippen molar-refractivity contribution in [1.29, 1.82) is 0 Å². The highest BCUT2D eigenvalue weighted by atomic mass is 16.7. The topological polar surface area (TPSA) is 209 Å². The summed E-state index contributed by atoms with van der Waals surface area (Å²) >= 11 is 0. The Kier molecular flexibility index (Phi) is 8.26. The molecule has 0 aromatic heterocycles. The molecule has 0 saturated carbocycles. The average Bonchev–Trinajstić information content (AvgIpc) is 2.60. The van der Waals surface area contributed by atoms with E-state index in [4.69, 9.17) is 14.6 Å². The second-order valence-electron chi connectivity index (χ2n) is 6.14. The lowest BCUT2D eigenvalue weighted by atomic mass is 9.88. The van der Waals surface area contributed by atoms with Gasteiger partial charge in [0.05, 0.1) is 12.5 Å². The summed E-state index contributed by atoms with van der Waals surface area (Å²) in [7, 11) is 0. The fourth-order valence-corrected chi connectivity index (χ4v) is 2.63. The molecule has 1 saturated heterocycles. The molecule has 0 bridgehead atoms. The Morgan fingerprint density at radius 3 is 2.29 bits per heavy atom. The normalized spacial score (nSPS) is 29.3. The number of carbonyl (C=O) groups is 4. The number of carbonyl (C=O) groups excluding carboxylic acids is 3. The van der Waals surface area contributed by atoms with Crippen molar-refractivity contribution in [1.82, 2.24) is 5.32 Å². The molecule has 13 nitrogen and oxygen atoms in total. The number of nitrogens with one attached hydrogen (secondary N) is 1. The minimum atomic E-state index is -2.92. The van der Waals surface area contributed by atoms with Crippen molar-refractivity contribution in [3.8, 4) is 0 Å². The number of amides is 1. The maximum Gasteiger partial charge on any atom is 0.364 e. The Balaban J connectivity index is 3.23. The molecule has 28 heavy (non-hydrogen) atoms. The fraction of sp³-hybridized carbons (Fsp3) is 0.733.